The maximum Gasteiger partial charge on any atom is 0.338 e. The lowest BCUT2D eigenvalue weighted by atomic mass is 10.00. The summed E-state index contributed by atoms with van der Waals surface area (Å²) in [6, 6.07) is 15.4. The Kier molecular flexibility index (Phi) is 3.59. The summed E-state index contributed by atoms with van der Waals surface area (Å²) in [4.78, 5) is 11.7. The van der Waals surface area contributed by atoms with E-state index in [2.05, 4.69) is 15.9 Å². The van der Waals surface area contributed by atoms with Crippen LogP contribution in [0.3, 0.4) is 0 Å². The number of hydrogen-bond donors (Lipinski definition) is 0. The van der Waals surface area contributed by atoms with Gasteiger partial charge in [-0.3, -0.25) is 0 Å². The van der Waals surface area contributed by atoms with Crippen molar-refractivity contribution < 1.29 is 9.53 Å². The van der Waals surface area contributed by atoms with Gasteiger partial charge in [0.1, 0.15) is 0 Å². The van der Waals surface area contributed by atoms with Gasteiger partial charge in [-0.05, 0) is 23.3 Å². The molecule has 0 unspecified atom stereocenters. The van der Waals surface area contributed by atoms with E-state index in [1.54, 1.807) is 6.07 Å². The Labute approximate surface area is 108 Å². The predicted octanol–water partition coefficient (Wildman–Crippen LogP) is 3.90. The number of rotatable bonds is 2. The molecule has 0 saturated carbocycles. The van der Waals surface area contributed by atoms with Crippen LogP contribution in [0.25, 0.3) is 11.1 Å². The molecule has 3 heteroatoms. The average Bonchev–Trinajstić information content (AvgIpc) is 2.38. The lowest BCUT2D eigenvalue weighted by Gasteiger charge is -2.08. The van der Waals surface area contributed by atoms with E-state index in [0.29, 0.717) is 5.56 Å². The van der Waals surface area contributed by atoms with Gasteiger partial charge >= 0.3 is 5.97 Å². The second kappa shape index (κ2) is 5.15. The number of halogens is 1. The lowest BCUT2D eigenvalue weighted by molar-refractivity contribution is 0.0601. The number of esters is 1. The molecule has 2 rings (SSSR count). The molecule has 0 atom stereocenters. The van der Waals surface area contributed by atoms with Gasteiger partial charge in [-0.25, -0.2) is 4.79 Å². The summed E-state index contributed by atoms with van der Waals surface area (Å²) in [6.45, 7) is 0. The zero-order chi connectivity index (χ0) is 12.3. The third-order valence-corrected chi connectivity index (χ3v) is 2.96. The molecule has 0 spiro atoms. The Hall–Kier alpha value is -1.61. The maximum atomic E-state index is 11.7. The van der Waals surface area contributed by atoms with Crippen molar-refractivity contribution >= 4 is 21.9 Å². The minimum atomic E-state index is -0.329. The molecule has 0 saturated heterocycles. The van der Waals surface area contributed by atoms with Gasteiger partial charge in [0.2, 0.25) is 0 Å². The van der Waals surface area contributed by atoms with Gasteiger partial charge in [0, 0.05) is 4.47 Å². The first-order valence-electron chi connectivity index (χ1n) is 5.15. The van der Waals surface area contributed by atoms with Crippen LogP contribution in [-0.4, -0.2) is 13.1 Å². The van der Waals surface area contributed by atoms with Crippen LogP contribution in [0.15, 0.2) is 53.0 Å². The maximum absolute atomic E-state index is 11.7. The van der Waals surface area contributed by atoms with Gasteiger partial charge in [-0.1, -0.05) is 52.3 Å². The van der Waals surface area contributed by atoms with Crippen molar-refractivity contribution in [2.24, 2.45) is 0 Å². The molecule has 0 amide bonds. The van der Waals surface area contributed by atoms with Gasteiger partial charge in [0.15, 0.2) is 0 Å². The van der Waals surface area contributed by atoms with Crippen molar-refractivity contribution in [1.29, 1.82) is 0 Å². The van der Waals surface area contributed by atoms with Crippen molar-refractivity contribution in [2.75, 3.05) is 7.11 Å². The predicted molar refractivity (Wildman–Crippen MR) is 70.9 cm³/mol. The van der Waals surface area contributed by atoms with Crippen LogP contribution < -0.4 is 0 Å². The van der Waals surface area contributed by atoms with Crippen LogP contribution >= 0.6 is 15.9 Å². The monoisotopic (exact) mass is 290 g/mol. The first-order valence-corrected chi connectivity index (χ1v) is 5.95. The zero-order valence-electron chi connectivity index (χ0n) is 9.31. The fraction of sp³-hybridized carbons (Fsp3) is 0.0714. The number of carbonyl (C=O) groups is 1. The number of benzene rings is 2. The Balaban J connectivity index is 2.58. The van der Waals surface area contributed by atoms with Crippen LogP contribution in [0.4, 0.5) is 0 Å². The highest BCUT2D eigenvalue weighted by Gasteiger charge is 2.13. The molecule has 86 valence electrons. The number of hydrogen-bond acceptors (Lipinski definition) is 2. The summed E-state index contributed by atoms with van der Waals surface area (Å²) in [5.41, 5.74) is 2.44. The van der Waals surface area contributed by atoms with E-state index in [9.17, 15) is 4.79 Å². The molecule has 2 aromatic rings. The number of carbonyl (C=O) groups excluding carboxylic acids is 1. The highest BCUT2D eigenvalue weighted by Crippen LogP contribution is 2.27. The SMILES string of the molecule is COC(=O)c1cc(Br)ccc1-c1ccccc1. The van der Waals surface area contributed by atoms with Crippen LogP contribution in [0, 0.1) is 0 Å². The van der Waals surface area contributed by atoms with Gasteiger partial charge in [-0.2, -0.15) is 0 Å². The van der Waals surface area contributed by atoms with Gasteiger partial charge in [0.05, 0.1) is 12.7 Å². The first kappa shape index (κ1) is 11.9. The quantitative estimate of drug-likeness (QED) is 0.784. The lowest BCUT2D eigenvalue weighted by Crippen LogP contribution is -2.03. The van der Waals surface area contributed by atoms with E-state index in [1.165, 1.54) is 7.11 Å². The van der Waals surface area contributed by atoms with Crippen molar-refractivity contribution in [3.8, 4) is 11.1 Å². The largest absolute Gasteiger partial charge is 0.465 e. The molecule has 0 aliphatic carbocycles. The standard InChI is InChI=1S/C14H11BrO2/c1-17-14(16)13-9-11(15)7-8-12(13)10-5-3-2-4-6-10/h2-9H,1H3. The van der Waals surface area contributed by atoms with Crippen molar-refractivity contribution in [3.05, 3.63) is 58.6 Å². The fourth-order valence-electron chi connectivity index (χ4n) is 1.66. The molecule has 0 aliphatic heterocycles. The molecular weight excluding hydrogens is 280 g/mol. The van der Waals surface area contributed by atoms with Gasteiger partial charge in [-0.15, -0.1) is 0 Å². The van der Waals surface area contributed by atoms with Crippen LogP contribution in [-0.2, 0) is 4.74 Å². The summed E-state index contributed by atoms with van der Waals surface area (Å²) >= 11 is 3.36. The third kappa shape index (κ3) is 2.56. The summed E-state index contributed by atoms with van der Waals surface area (Å²) < 4.78 is 5.65. The zero-order valence-corrected chi connectivity index (χ0v) is 10.9. The smallest absolute Gasteiger partial charge is 0.338 e. The number of methoxy groups -OCH3 is 1. The molecule has 2 nitrogen and oxygen atoms in total. The number of ether oxygens (including phenoxy) is 1. The van der Waals surface area contributed by atoms with Gasteiger partial charge in [0.25, 0.3) is 0 Å². The average molecular weight is 291 g/mol. The molecule has 0 bridgehead atoms. The molecule has 0 aliphatic rings. The second-order valence-corrected chi connectivity index (χ2v) is 4.46. The summed E-state index contributed by atoms with van der Waals surface area (Å²) in [5.74, 6) is -0.329. The second-order valence-electron chi connectivity index (χ2n) is 3.55. The molecule has 0 radical (unpaired) electrons. The Morgan fingerprint density at radius 2 is 1.82 bits per heavy atom. The van der Waals surface area contributed by atoms with E-state index in [1.807, 2.05) is 42.5 Å². The minimum Gasteiger partial charge on any atom is -0.465 e. The fourth-order valence-corrected chi connectivity index (χ4v) is 2.03. The third-order valence-electron chi connectivity index (χ3n) is 2.47. The van der Waals surface area contributed by atoms with Crippen molar-refractivity contribution in [2.45, 2.75) is 0 Å². The topological polar surface area (TPSA) is 26.3 Å². The van der Waals surface area contributed by atoms with E-state index in [-0.39, 0.29) is 5.97 Å². The minimum absolute atomic E-state index is 0.329. The van der Waals surface area contributed by atoms with E-state index < -0.39 is 0 Å². The van der Waals surface area contributed by atoms with Gasteiger partial charge < -0.3 is 4.74 Å². The molecular formula is C14H11BrO2. The highest BCUT2D eigenvalue weighted by atomic mass is 79.9. The van der Waals surface area contributed by atoms with Crippen LogP contribution in [0.5, 0.6) is 0 Å². The van der Waals surface area contributed by atoms with E-state index in [4.69, 9.17) is 4.74 Å². The van der Waals surface area contributed by atoms with Crippen LogP contribution in [0.1, 0.15) is 10.4 Å². The molecule has 0 aromatic heterocycles. The van der Waals surface area contributed by atoms with Crippen LogP contribution in [0.2, 0.25) is 0 Å². The normalized spacial score (nSPS) is 10.0. The summed E-state index contributed by atoms with van der Waals surface area (Å²) in [6.07, 6.45) is 0. The molecule has 0 fully saturated rings. The summed E-state index contributed by atoms with van der Waals surface area (Å²) in [7, 11) is 1.39. The Morgan fingerprint density at radius 1 is 1.12 bits per heavy atom. The molecule has 0 heterocycles. The Bertz CT molecular complexity index is 535. The van der Waals surface area contributed by atoms with Crippen molar-refractivity contribution in [1.82, 2.24) is 0 Å². The molecule has 2 aromatic carbocycles. The highest BCUT2D eigenvalue weighted by molar-refractivity contribution is 9.10. The van der Waals surface area contributed by atoms with E-state index in [0.717, 1.165) is 15.6 Å². The van der Waals surface area contributed by atoms with E-state index >= 15 is 0 Å². The Morgan fingerprint density at radius 3 is 2.47 bits per heavy atom. The molecule has 0 N–H and O–H groups in total. The molecule has 17 heavy (non-hydrogen) atoms. The summed E-state index contributed by atoms with van der Waals surface area (Å²) in [5, 5.41) is 0. The van der Waals surface area contributed by atoms with Crippen molar-refractivity contribution in [3.63, 3.8) is 0 Å². The first-order chi connectivity index (χ1) is 8.22.